The Morgan fingerprint density at radius 3 is 2.22 bits per heavy atom. The molecule has 50 valence electrons. The molecule has 0 aliphatic carbocycles. The van der Waals surface area contributed by atoms with E-state index in [2.05, 4.69) is 6.58 Å². The summed E-state index contributed by atoms with van der Waals surface area (Å²) in [6, 6.07) is 0. The Labute approximate surface area is 84.9 Å². The molecule has 0 heterocycles. The first kappa shape index (κ1) is 12.2. The molecule has 0 fully saturated rings. The maximum atomic E-state index is 9.99. The molecule has 0 spiro atoms. The van der Waals surface area contributed by atoms with Gasteiger partial charge in [0.1, 0.15) is 0 Å². The van der Waals surface area contributed by atoms with Crippen LogP contribution in [0.4, 0.5) is 0 Å². The van der Waals surface area contributed by atoms with E-state index in [9.17, 15) is 4.79 Å². The SMILES string of the molecule is C=C(CCC)C(=O)O.[CaH2]. The fourth-order valence-electron chi connectivity index (χ4n) is 0.409. The van der Waals surface area contributed by atoms with Crippen molar-refractivity contribution in [1.82, 2.24) is 0 Å². The van der Waals surface area contributed by atoms with Gasteiger partial charge in [-0.05, 0) is 6.42 Å². The predicted molar refractivity (Wildman–Crippen MR) is 40.2 cm³/mol. The van der Waals surface area contributed by atoms with Crippen molar-refractivity contribution in [2.75, 3.05) is 0 Å². The quantitative estimate of drug-likeness (QED) is 0.477. The molecule has 2 nitrogen and oxygen atoms in total. The van der Waals surface area contributed by atoms with Crippen LogP contribution in [0.2, 0.25) is 0 Å². The van der Waals surface area contributed by atoms with E-state index in [-0.39, 0.29) is 37.7 Å². The van der Waals surface area contributed by atoms with Crippen molar-refractivity contribution >= 4 is 43.7 Å². The fraction of sp³-hybridized carbons (Fsp3) is 0.500. The van der Waals surface area contributed by atoms with Gasteiger partial charge in [0.15, 0.2) is 0 Å². The van der Waals surface area contributed by atoms with Crippen LogP contribution in [-0.2, 0) is 4.79 Å². The molecule has 0 atom stereocenters. The van der Waals surface area contributed by atoms with Gasteiger partial charge in [0.05, 0.1) is 0 Å². The second-order valence-corrected chi connectivity index (χ2v) is 1.66. The third-order valence-electron chi connectivity index (χ3n) is 0.854. The molecule has 0 unspecified atom stereocenters. The van der Waals surface area contributed by atoms with Gasteiger partial charge >= 0.3 is 43.7 Å². The number of carboxylic acids is 1. The van der Waals surface area contributed by atoms with Gasteiger partial charge in [-0.3, -0.25) is 0 Å². The Kier molecular flexibility index (Phi) is 8.91. The summed E-state index contributed by atoms with van der Waals surface area (Å²) in [4.78, 5) is 9.99. The molecule has 0 rings (SSSR count). The third-order valence-corrected chi connectivity index (χ3v) is 0.854. The molecule has 0 aliphatic rings. The van der Waals surface area contributed by atoms with E-state index in [1.54, 1.807) is 0 Å². The number of rotatable bonds is 3. The van der Waals surface area contributed by atoms with Crippen LogP contribution >= 0.6 is 0 Å². The average molecular weight is 156 g/mol. The molecule has 0 bridgehead atoms. The molecule has 0 saturated carbocycles. The Morgan fingerprint density at radius 2 is 2.11 bits per heavy atom. The third kappa shape index (κ3) is 6.35. The molecule has 9 heavy (non-hydrogen) atoms. The van der Waals surface area contributed by atoms with E-state index in [4.69, 9.17) is 5.11 Å². The number of hydrogen-bond donors (Lipinski definition) is 1. The van der Waals surface area contributed by atoms with Crippen LogP contribution < -0.4 is 0 Å². The normalized spacial score (nSPS) is 7.67. The molecule has 0 aromatic heterocycles. The van der Waals surface area contributed by atoms with Crippen molar-refractivity contribution in [1.29, 1.82) is 0 Å². The standard InChI is InChI=1S/C6H10O2.Ca.2H/c1-3-4-5(2)6(7)8;;;/h2-4H2,1H3,(H,7,8);;;. The monoisotopic (exact) mass is 156 g/mol. The van der Waals surface area contributed by atoms with Gasteiger partial charge in [0, 0.05) is 5.57 Å². The first-order chi connectivity index (χ1) is 3.68. The topological polar surface area (TPSA) is 37.3 Å². The van der Waals surface area contributed by atoms with Crippen LogP contribution in [0.15, 0.2) is 12.2 Å². The van der Waals surface area contributed by atoms with E-state index >= 15 is 0 Å². The molecule has 0 saturated heterocycles. The van der Waals surface area contributed by atoms with Crippen molar-refractivity contribution < 1.29 is 9.90 Å². The first-order valence-corrected chi connectivity index (χ1v) is 2.59. The molecule has 3 heteroatoms. The number of hydrogen-bond acceptors (Lipinski definition) is 1. The van der Waals surface area contributed by atoms with Gasteiger partial charge < -0.3 is 5.11 Å². The van der Waals surface area contributed by atoms with E-state index in [0.717, 1.165) is 6.42 Å². The van der Waals surface area contributed by atoms with Crippen LogP contribution in [0, 0.1) is 0 Å². The summed E-state index contributed by atoms with van der Waals surface area (Å²) < 4.78 is 0. The van der Waals surface area contributed by atoms with Crippen LogP contribution in [0.1, 0.15) is 19.8 Å². The summed E-state index contributed by atoms with van der Waals surface area (Å²) in [6.07, 6.45) is 1.44. The summed E-state index contributed by atoms with van der Waals surface area (Å²) in [5.74, 6) is -0.883. The molecular formula is C6H12CaO2. The molecule has 0 amide bonds. The summed E-state index contributed by atoms with van der Waals surface area (Å²) in [5, 5.41) is 8.21. The Bertz CT molecular complexity index is 110. The minimum atomic E-state index is -0.883. The van der Waals surface area contributed by atoms with Crippen molar-refractivity contribution in [2.45, 2.75) is 19.8 Å². The summed E-state index contributed by atoms with van der Waals surface area (Å²) >= 11 is 0. The van der Waals surface area contributed by atoms with E-state index in [0.29, 0.717) is 12.0 Å². The number of carbonyl (C=O) groups is 1. The van der Waals surface area contributed by atoms with Gasteiger partial charge in [-0.25, -0.2) is 4.79 Å². The van der Waals surface area contributed by atoms with Crippen LogP contribution in [0.3, 0.4) is 0 Å². The Hall–Kier alpha value is 0.470. The fourth-order valence-corrected chi connectivity index (χ4v) is 0.409. The molecule has 1 N–H and O–H groups in total. The Morgan fingerprint density at radius 1 is 1.67 bits per heavy atom. The van der Waals surface area contributed by atoms with Crippen molar-refractivity contribution in [3.63, 3.8) is 0 Å². The van der Waals surface area contributed by atoms with Crippen molar-refractivity contribution in [3.8, 4) is 0 Å². The molecule has 0 aromatic rings. The molecule has 0 aromatic carbocycles. The molecular weight excluding hydrogens is 144 g/mol. The zero-order valence-electron chi connectivity index (χ0n) is 4.98. The van der Waals surface area contributed by atoms with Crippen LogP contribution in [-0.4, -0.2) is 48.8 Å². The Balaban J connectivity index is 0. The maximum absolute atomic E-state index is 9.99. The zero-order valence-corrected chi connectivity index (χ0v) is 4.98. The van der Waals surface area contributed by atoms with Crippen LogP contribution in [0.25, 0.3) is 0 Å². The summed E-state index contributed by atoms with van der Waals surface area (Å²) in [5.41, 5.74) is 0.299. The van der Waals surface area contributed by atoms with E-state index in [1.165, 1.54) is 0 Å². The molecule has 0 aliphatic heterocycles. The van der Waals surface area contributed by atoms with Crippen LogP contribution in [0.5, 0.6) is 0 Å². The summed E-state index contributed by atoms with van der Waals surface area (Å²) in [6.45, 7) is 5.27. The molecule has 0 radical (unpaired) electrons. The van der Waals surface area contributed by atoms with Crippen molar-refractivity contribution in [2.24, 2.45) is 0 Å². The minimum absolute atomic E-state index is 0. The average Bonchev–Trinajstić information content (AvgIpc) is 1.67. The zero-order chi connectivity index (χ0) is 6.57. The van der Waals surface area contributed by atoms with Gasteiger partial charge in [-0.2, -0.15) is 0 Å². The predicted octanol–water partition coefficient (Wildman–Crippen LogP) is 0.511. The summed E-state index contributed by atoms with van der Waals surface area (Å²) in [7, 11) is 0. The number of carboxylic acid groups (broad SMARTS) is 1. The second-order valence-electron chi connectivity index (χ2n) is 1.66. The van der Waals surface area contributed by atoms with E-state index in [1.807, 2.05) is 6.92 Å². The van der Waals surface area contributed by atoms with Gasteiger partial charge in [-0.1, -0.05) is 19.9 Å². The van der Waals surface area contributed by atoms with Gasteiger partial charge in [-0.15, -0.1) is 0 Å². The van der Waals surface area contributed by atoms with Gasteiger partial charge in [0.25, 0.3) is 0 Å². The second kappa shape index (κ2) is 6.59. The number of aliphatic carboxylic acids is 1. The van der Waals surface area contributed by atoms with E-state index < -0.39 is 5.97 Å². The first-order valence-electron chi connectivity index (χ1n) is 2.59. The van der Waals surface area contributed by atoms with Gasteiger partial charge in [0.2, 0.25) is 0 Å². The van der Waals surface area contributed by atoms with Crippen molar-refractivity contribution in [3.05, 3.63) is 12.2 Å².